The molecule has 2 heterocycles. The smallest absolute Gasteiger partial charge is 0.162 e. The van der Waals surface area contributed by atoms with Crippen LogP contribution in [0.5, 0.6) is 0 Å². The number of hydrogen-bond donors (Lipinski definition) is 0. The summed E-state index contributed by atoms with van der Waals surface area (Å²) in [4.78, 5) is 8.65. The first-order valence-corrected chi connectivity index (χ1v) is 5.93. The minimum absolute atomic E-state index is 0.929. The molecule has 2 aromatic rings. The molecule has 0 amide bonds. The molecule has 0 atom stereocenters. The minimum Gasteiger partial charge on any atom is -0.345 e. The number of pyridine rings is 1. The van der Waals surface area contributed by atoms with Crippen molar-refractivity contribution < 1.29 is 0 Å². The average Bonchev–Trinajstić information content (AvgIpc) is 2.64. The molecule has 0 N–H and O–H groups in total. The molecule has 0 saturated heterocycles. The van der Waals surface area contributed by atoms with Crippen LogP contribution in [-0.2, 0) is 0 Å². The third-order valence-corrected chi connectivity index (χ3v) is 3.34. The van der Waals surface area contributed by atoms with Crippen LogP contribution >= 0.6 is 0 Å². The number of aryl methyl sites for hydroxylation is 1. The Morgan fingerprint density at radius 3 is 2.56 bits per heavy atom. The Bertz CT molecular complexity index is 579. The zero-order valence-electron chi connectivity index (χ0n) is 10.6. The van der Waals surface area contributed by atoms with Crippen molar-refractivity contribution in [3.05, 3.63) is 61.2 Å². The number of aromatic nitrogens is 1. The maximum Gasteiger partial charge on any atom is 0.162 e. The van der Waals surface area contributed by atoms with E-state index in [1.807, 2.05) is 31.4 Å². The van der Waals surface area contributed by atoms with Gasteiger partial charge in [-0.3, -0.25) is 4.90 Å². The molecule has 18 heavy (non-hydrogen) atoms. The largest absolute Gasteiger partial charge is 0.345 e. The van der Waals surface area contributed by atoms with E-state index >= 15 is 0 Å². The summed E-state index contributed by atoms with van der Waals surface area (Å²) in [6, 6.07) is 12.3. The van der Waals surface area contributed by atoms with Gasteiger partial charge in [0.1, 0.15) is 0 Å². The summed E-state index contributed by atoms with van der Waals surface area (Å²) in [7, 11) is 2.02. The van der Waals surface area contributed by atoms with Crippen molar-refractivity contribution in [2.75, 3.05) is 16.8 Å². The zero-order valence-corrected chi connectivity index (χ0v) is 10.6. The summed E-state index contributed by atoms with van der Waals surface area (Å²) >= 11 is 0. The van der Waals surface area contributed by atoms with Crippen LogP contribution in [0.15, 0.2) is 42.6 Å². The van der Waals surface area contributed by atoms with Crippen molar-refractivity contribution in [2.24, 2.45) is 0 Å². The standard InChI is InChI=1S/C15H15N3/c1-11-7-4-5-8-13(11)18-12(2)17(3)14-9-6-10-16-15(14)18/h4-10H,2H2,1,3H3. The van der Waals surface area contributed by atoms with Crippen molar-refractivity contribution in [3.8, 4) is 0 Å². The second-order valence-electron chi connectivity index (χ2n) is 4.44. The summed E-state index contributed by atoms with van der Waals surface area (Å²) in [5.74, 6) is 0.944. The second kappa shape index (κ2) is 4.02. The third kappa shape index (κ3) is 1.47. The van der Waals surface area contributed by atoms with Gasteiger partial charge in [0.05, 0.1) is 5.69 Å². The molecular formula is C15H15N3. The van der Waals surface area contributed by atoms with Gasteiger partial charge in [0.25, 0.3) is 0 Å². The predicted octanol–water partition coefficient (Wildman–Crippen LogP) is 3.30. The molecule has 1 aliphatic heterocycles. The van der Waals surface area contributed by atoms with E-state index in [0.717, 1.165) is 23.4 Å². The molecule has 0 saturated carbocycles. The number of fused-ring (bicyclic) bond motifs is 1. The SMILES string of the molecule is [CH2][C]1N(C)c2cccnc2N1c1ccccc1C. The minimum atomic E-state index is 0.929. The Morgan fingerprint density at radius 2 is 1.78 bits per heavy atom. The molecule has 0 bridgehead atoms. The lowest BCUT2D eigenvalue weighted by Gasteiger charge is -2.26. The van der Waals surface area contributed by atoms with Crippen LogP contribution in [0.3, 0.4) is 0 Å². The number of rotatable bonds is 1. The first kappa shape index (κ1) is 11.1. The normalized spacial score (nSPS) is 15.1. The van der Waals surface area contributed by atoms with E-state index in [1.165, 1.54) is 5.56 Å². The van der Waals surface area contributed by atoms with Gasteiger partial charge in [-0.05, 0) is 37.6 Å². The maximum atomic E-state index is 4.48. The quantitative estimate of drug-likeness (QED) is 0.758. The third-order valence-electron chi connectivity index (χ3n) is 3.34. The van der Waals surface area contributed by atoms with Crippen molar-refractivity contribution >= 4 is 17.2 Å². The Kier molecular flexibility index (Phi) is 2.47. The molecule has 0 fully saturated rings. The van der Waals surface area contributed by atoms with Crippen molar-refractivity contribution in [1.82, 2.24) is 4.98 Å². The molecule has 1 aromatic carbocycles. The molecule has 1 aliphatic rings. The predicted molar refractivity (Wildman–Crippen MR) is 74.6 cm³/mol. The summed E-state index contributed by atoms with van der Waals surface area (Å²) in [5, 5.41) is 0. The van der Waals surface area contributed by atoms with Gasteiger partial charge in [-0.25, -0.2) is 4.98 Å². The number of anilines is 3. The van der Waals surface area contributed by atoms with E-state index in [9.17, 15) is 0 Å². The molecule has 1 aromatic heterocycles. The molecule has 0 spiro atoms. The lowest BCUT2D eigenvalue weighted by Crippen LogP contribution is -2.28. The number of benzene rings is 1. The fraction of sp³-hybridized carbons (Fsp3) is 0.133. The summed E-state index contributed by atoms with van der Waals surface area (Å²) in [6.07, 6.45) is 2.74. The highest BCUT2D eigenvalue weighted by molar-refractivity contribution is 5.85. The van der Waals surface area contributed by atoms with Crippen LogP contribution in [0.1, 0.15) is 5.56 Å². The van der Waals surface area contributed by atoms with E-state index in [4.69, 9.17) is 0 Å². The molecule has 2 radical (unpaired) electrons. The Labute approximate surface area is 108 Å². The highest BCUT2D eigenvalue weighted by Crippen LogP contribution is 2.45. The van der Waals surface area contributed by atoms with Gasteiger partial charge < -0.3 is 4.90 Å². The number of para-hydroxylation sites is 1. The fourth-order valence-corrected chi connectivity index (χ4v) is 2.30. The van der Waals surface area contributed by atoms with E-state index in [0.29, 0.717) is 0 Å². The summed E-state index contributed by atoms with van der Waals surface area (Å²) in [6.45, 7) is 6.26. The van der Waals surface area contributed by atoms with Gasteiger partial charge in [0.15, 0.2) is 12.0 Å². The van der Waals surface area contributed by atoms with Crippen LogP contribution in [0.25, 0.3) is 0 Å². The van der Waals surface area contributed by atoms with Gasteiger partial charge in [0, 0.05) is 18.9 Å². The first-order valence-electron chi connectivity index (χ1n) is 5.93. The fourth-order valence-electron chi connectivity index (χ4n) is 2.30. The average molecular weight is 237 g/mol. The van der Waals surface area contributed by atoms with Gasteiger partial charge in [-0.1, -0.05) is 18.2 Å². The molecular weight excluding hydrogens is 222 g/mol. The van der Waals surface area contributed by atoms with E-state index in [-0.39, 0.29) is 0 Å². The maximum absolute atomic E-state index is 4.48. The molecule has 90 valence electrons. The van der Waals surface area contributed by atoms with E-state index in [2.05, 4.69) is 46.8 Å². The summed E-state index contributed by atoms with van der Waals surface area (Å²) < 4.78 is 0. The molecule has 0 unspecified atom stereocenters. The Morgan fingerprint density at radius 1 is 1.06 bits per heavy atom. The van der Waals surface area contributed by atoms with Crippen molar-refractivity contribution in [1.29, 1.82) is 0 Å². The summed E-state index contributed by atoms with van der Waals surface area (Å²) in [5.41, 5.74) is 3.43. The van der Waals surface area contributed by atoms with E-state index < -0.39 is 0 Å². The van der Waals surface area contributed by atoms with Crippen LogP contribution in [0, 0.1) is 20.0 Å². The Hall–Kier alpha value is -2.03. The van der Waals surface area contributed by atoms with E-state index in [1.54, 1.807) is 0 Å². The van der Waals surface area contributed by atoms with Crippen LogP contribution in [0.4, 0.5) is 17.2 Å². The number of nitrogens with zero attached hydrogens (tertiary/aromatic N) is 3. The lowest BCUT2D eigenvalue weighted by molar-refractivity contribution is 0.956. The highest BCUT2D eigenvalue weighted by Gasteiger charge is 2.34. The zero-order chi connectivity index (χ0) is 12.7. The monoisotopic (exact) mass is 237 g/mol. The van der Waals surface area contributed by atoms with Gasteiger partial charge in [-0.15, -0.1) is 0 Å². The second-order valence-corrected chi connectivity index (χ2v) is 4.44. The van der Waals surface area contributed by atoms with Crippen LogP contribution in [-0.4, -0.2) is 12.0 Å². The Balaban J connectivity index is 2.16. The molecule has 0 aliphatic carbocycles. The topological polar surface area (TPSA) is 19.4 Å². The van der Waals surface area contributed by atoms with Gasteiger partial charge in [-0.2, -0.15) is 0 Å². The van der Waals surface area contributed by atoms with Crippen LogP contribution in [0.2, 0.25) is 0 Å². The lowest BCUT2D eigenvalue weighted by atomic mass is 10.2. The molecule has 3 heteroatoms. The number of hydrogen-bond acceptors (Lipinski definition) is 3. The molecule has 3 nitrogen and oxygen atoms in total. The van der Waals surface area contributed by atoms with Gasteiger partial charge in [0.2, 0.25) is 0 Å². The van der Waals surface area contributed by atoms with Gasteiger partial charge >= 0.3 is 0 Å². The first-order chi connectivity index (χ1) is 8.70. The van der Waals surface area contributed by atoms with Crippen molar-refractivity contribution in [3.63, 3.8) is 0 Å². The molecule has 3 rings (SSSR count). The highest BCUT2D eigenvalue weighted by atomic mass is 15.4. The van der Waals surface area contributed by atoms with Crippen LogP contribution < -0.4 is 9.80 Å². The van der Waals surface area contributed by atoms with Crippen molar-refractivity contribution in [2.45, 2.75) is 6.92 Å².